The number of likely N-dealkylation sites (N-methyl/N-ethyl adjacent to an activating group) is 1. The van der Waals surface area contributed by atoms with E-state index in [1.54, 1.807) is 19.1 Å². The minimum Gasteiger partial charge on any atom is -0.385 e. The number of ether oxygens (including phenoxy) is 1. The van der Waals surface area contributed by atoms with Crippen LogP contribution < -0.4 is 5.32 Å². The van der Waals surface area contributed by atoms with Crippen LogP contribution in [-0.4, -0.2) is 44.7 Å². The summed E-state index contributed by atoms with van der Waals surface area (Å²) in [6, 6.07) is 7.55. The van der Waals surface area contributed by atoms with Crippen molar-refractivity contribution in [2.24, 2.45) is 0 Å². The van der Waals surface area contributed by atoms with Gasteiger partial charge in [-0.15, -0.1) is 0 Å². The number of nitrogens with one attached hydrogen (secondary N) is 1. The van der Waals surface area contributed by atoms with E-state index >= 15 is 0 Å². The second-order valence-corrected chi connectivity index (χ2v) is 3.80. The average molecular weight is 236 g/mol. The summed E-state index contributed by atoms with van der Waals surface area (Å²) in [6.45, 7) is 3.95. The number of hydrogen-bond donors (Lipinski definition) is 1. The molecular weight excluding hydrogens is 216 g/mol. The normalized spacial score (nSPS) is 10.1. The van der Waals surface area contributed by atoms with Gasteiger partial charge in [0.1, 0.15) is 0 Å². The van der Waals surface area contributed by atoms with Gasteiger partial charge in [-0.1, -0.05) is 12.1 Å². The first-order valence-corrected chi connectivity index (χ1v) is 5.78. The number of methoxy groups -OCH3 is 1. The Hall–Kier alpha value is -1.55. The molecule has 0 heterocycles. The number of hydrogen-bond acceptors (Lipinski definition) is 3. The molecule has 0 atom stereocenters. The Balaban J connectivity index is 2.80. The van der Waals surface area contributed by atoms with Crippen molar-refractivity contribution in [3.05, 3.63) is 29.8 Å². The zero-order valence-electron chi connectivity index (χ0n) is 10.7. The Bertz CT molecular complexity index is 366. The van der Waals surface area contributed by atoms with E-state index in [9.17, 15) is 4.79 Å². The number of amides is 1. The molecule has 1 rings (SSSR count). The van der Waals surface area contributed by atoms with E-state index in [4.69, 9.17) is 4.74 Å². The Kier molecular flexibility index (Phi) is 5.49. The lowest BCUT2D eigenvalue weighted by atomic mass is 10.1. The van der Waals surface area contributed by atoms with Crippen LogP contribution in [0.2, 0.25) is 0 Å². The fourth-order valence-corrected chi connectivity index (χ4v) is 1.55. The molecule has 0 aliphatic carbocycles. The van der Waals surface area contributed by atoms with Crippen LogP contribution in [0.1, 0.15) is 17.3 Å². The van der Waals surface area contributed by atoms with E-state index in [1.165, 1.54) is 0 Å². The third kappa shape index (κ3) is 3.75. The maximum atomic E-state index is 12.2. The molecular formula is C13H20N2O2. The van der Waals surface area contributed by atoms with Crippen molar-refractivity contribution in [1.82, 2.24) is 4.90 Å². The second kappa shape index (κ2) is 6.91. The molecule has 1 amide bonds. The molecule has 4 nitrogen and oxygen atoms in total. The number of rotatable bonds is 6. The highest BCUT2D eigenvalue weighted by Gasteiger charge is 2.14. The molecule has 0 radical (unpaired) electrons. The summed E-state index contributed by atoms with van der Waals surface area (Å²) in [4.78, 5) is 13.8. The lowest BCUT2D eigenvalue weighted by molar-refractivity contribution is 0.0745. The molecule has 17 heavy (non-hydrogen) atoms. The van der Waals surface area contributed by atoms with Gasteiger partial charge in [0.05, 0.1) is 12.2 Å². The van der Waals surface area contributed by atoms with Crippen LogP contribution >= 0.6 is 0 Å². The molecule has 0 unspecified atom stereocenters. The van der Waals surface area contributed by atoms with E-state index < -0.39 is 0 Å². The Morgan fingerprint density at radius 1 is 1.41 bits per heavy atom. The van der Waals surface area contributed by atoms with E-state index in [0.29, 0.717) is 18.7 Å². The van der Waals surface area contributed by atoms with Crippen molar-refractivity contribution < 1.29 is 9.53 Å². The van der Waals surface area contributed by atoms with Crippen molar-refractivity contribution in [2.45, 2.75) is 6.92 Å². The highest BCUT2D eigenvalue weighted by molar-refractivity contribution is 5.99. The standard InChI is InChI=1S/C13H20N2O2/c1-4-14-12-8-6-5-7-11(12)13(16)15(2)9-10-17-3/h5-8,14H,4,9-10H2,1-3H3. The first-order valence-electron chi connectivity index (χ1n) is 5.78. The summed E-state index contributed by atoms with van der Waals surface area (Å²) in [6.07, 6.45) is 0. The third-order valence-electron chi connectivity index (χ3n) is 2.50. The van der Waals surface area contributed by atoms with Crippen LogP contribution in [0.15, 0.2) is 24.3 Å². The zero-order valence-corrected chi connectivity index (χ0v) is 10.7. The third-order valence-corrected chi connectivity index (χ3v) is 2.50. The minimum absolute atomic E-state index is 0.0126. The quantitative estimate of drug-likeness (QED) is 0.819. The van der Waals surface area contributed by atoms with E-state index in [-0.39, 0.29) is 5.91 Å². The van der Waals surface area contributed by atoms with Crippen LogP contribution in [0.25, 0.3) is 0 Å². The molecule has 0 aliphatic rings. The molecule has 0 saturated heterocycles. The van der Waals surface area contributed by atoms with Gasteiger partial charge in [0.25, 0.3) is 5.91 Å². The fraction of sp³-hybridized carbons (Fsp3) is 0.462. The molecule has 0 saturated carbocycles. The van der Waals surface area contributed by atoms with Gasteiger partial charge in [0.15, 0.2) is 0 Å². The molecule has 0 spiro atoms. The van der Waals surface area contributed by atoms with E-state index in [1.807, 2.05) is 31.2 Å². The van der Waals surface area contributed by atoms with Crippen LogP contribution in [-0.2, 0) is 4.74 Å². The fourth-order valence-electron chi connectivity index (χ4n) is 1.55. The summed E-state index contributed by atoms with van der Waals surface area (Å²) in [7, 11) is 3.41. The SMILES string of the molecule is CCNc1ccccc1C(=O)N(C)CCOC. The molecule has 1 N–H and O–H groups in total. The predicted molar refractivity (Wildman–Crippen MR) is 69.4 cm³/mol. The molecule has 94 valence electrons. The highest BCUT2D eigenvalue weighted by atomic mass is 16.5. The van der Waals surface area contributed by atoms with Crippen molar-refractivity contribution >= 4 is 11.6 Å². The van der Waals surface area contributed by atoms with Crippen molar-refractivity contribution in [2.75, 3.05) is 39.2 Å². The van der Waals surface area contributed by atoms with Gasteiger partial charge >= 0.3 is 0 Å². The van der Waals surface area contributed by atoms with Crippen LogP contribution in [0.5, 0.6) is 0 Å². The van der Waals surface area contributed by atoms with Gasteiger partial charge < -0.3 is 15.0 Å². The Morgan fingerprint density at radius 3 is 2.76 bits per heavy atom. The van der Waals surface area contributed by atoms with Gasteiger partial charge in [-0.25, -0.2) is 0 Å². The maximum Gasteiger partial charge on any atom is 0.255 e. The van der Waals surface area contributed by atoms with Crippen molar-refractivity contribution in [3.63, 3.8) is 0 Å². The minimum atomic E-state index is 0.0126. The summed E-state index contributed by atoms with van der Waals surface area (Å²) in [5.41, 5.74) is 1.58. The maximum absolute atomic E-state index is 12.2. The van der Waals surface area contributed by atoms with Crippen LogP contribution in [0.3, 0.4) is 0 Å². The summed E-state index contributed by atoms with van der Waals surface area (Å²) < 4.78 is 4.97. The molecule has 0 fully saturated rings. The molecule has 0 aliphatic heterocycles. The number of nitrogens with zero attached hydrogens (tertiary/aromatic N) is 1. The van der Waals surface area contributed by atoms with Gasteiger partial charge in [-0.05, 0) is 19.1 Å². The van der Waals surface area contributed by atoms with Gasteiger partial charge in [-0.3, -0.25) is 4.79 Å². The first kappa shape index (κ1) is 13.5. The summed E-state index contributed by atoms with van der Waals surface area (Å²) in [5, 5.41) is 3.19. The smallest absolute Gasteiger partial charge is 0.255 e. The monoisotopic (exact) mass is 236 g/mol. The van der Waals surface area contributed by atoms with E-state index in [0.717, 1.165) is 12.2 Å². The zero-order chi connectivity index (χ0) is 12.7. The topological polar surface area (TPSA) is 41.6 Å². The van der Waals surface area contributed by atoms with Crippen molar-refractivity contribution in [1.29, 1.82) is 0 Å². The number of anilines is 1. The van der Waals surface area contributed by atoms with Crippen LogP contribution in [0, 0.1) is 0 Å². The Morgan fingerprint density at radius 2 is 2.12 bits per heavy atom. The summed E-state index contributed by atoms with van der Waals surface area (Å²) in [5.74, 6) is 0.0126. The van der Waals surface area contributed by atoms with Gasteiger partial charge in [-0.2, -0.15) is 0 Å². The largest absolute Gasteiger partial charge is 0.385 e. The molecule has 0 bridgehead atoms. The van der Waals surface area contributed by atoms with Gasteiger partial charge in [0, 0.05) is 32.9 Å². The average Bonchev–Trinajstić information content (AvgIpc) is 2.36. The summed E-state index contributed by atoms with van der Waals surface area (Å²) >= 11 is 0. The number of para-hydroxylation sites is 1. The number of benzene rings is 1. The lowest BCUT2D eigenvalue weighted by Gasteiger charge is -2.18. The lowest BCUT2D eigenvalue weighted by Crippen LogP contribution is -2.30. The van der Waals surface area contributed by atoms with E-state index in [2.05, 4.69) is 5.32 Å². The molecule has 1 aromatic rings. The van der Waals surface area contributed by atoms with Crippen molar-refractivity contribution in [3.8, 4) is 0 Å². The number of carbonyl (C=O) groups excluding carboxylic acids is 1. The second-order valence-electron chi connectivity index (χ2n) is 3.80. The van der Waals surface area contributed by atoms with Gasteiger partial charge in [0.2, 0.25) is 0 Å². The first-order chi connectivity index (χ1) is 8.20. The molecule has 0 aromatic heterocycles. The Labute approximate surface area is 103 Å². The predicted octanol–water partition coefficient (Wildman–Crippen LogP) is 1.84. The molecule has 1 aromatic carbocycles. The molecule has 4 heteroatoms. The van der Waals surface area contributed by atoms with Crippen LogP contribution in [0.4, 0.5) is 5.69 Å². The number of carbonyl (C=O) groups is 1. The highest BCUT2D eigenvalue weighted by Crippen LogP contribution is 2.16.